The second-order valence-corrected chi connectivity index (χ2v) is 5.77. The summed E-state index contributed by atoms with van der Waals surface area (Å²) in [5, 5.41) is 6.33. The molecule has 21 heavy (non-hydrogen) atoms. The van der Waals surface area contributed by atoms with Crippen molar-refractivity contribution in [1.29, 1.82) is 0 Å². The molecule has 1 aromatic carbocycles. The van der Waals surface area contributed by atoms with E-state index in [0.29, 0.717) is 23.5 Å². The lowest BCUT2D eigenvalue weighted by Gasteiger charge is -2.01. The van der Waals surface area contributed by atoms with Gasteiger partial charge in [0.25, 0.3) is 0 Å². The molecule has 112 valence electrons. The summed E-state index contributed by atoms with van der Waals surface area (Å²) < 4.78 is 13.6. The zero-order valence-electron chi connectivity index (χ0n) is 11.9. The van der Waals surface area contributed by atoms with Crippen molar-refractivity contribution in [1.82, 2.24) is 10.3 Å². The van der Waals surface area contributed by atoms with E-state index in [1.165, 1.54) is 17.4 Å². The van der Waals surface area contributed by atoms with Crippen LogP contribution in [0.2, 0.25) is 0 Å². The number of carbonyl (C=O) groups excluding carboxylic acids is 1. The van der Waals surface area contributed by atoms with E-state index in [0.717, 1.165) is 17.8 Å². The van der Waals surface area contributed by atoms with Crippen molar-refractivity contribution in [3.63, 3.8) is 0 Å². The zero-order chi connectivity index (χ0) is 15.1. The van der Waals surface area contributed by atoms with Crippen LogP contribution in [0.3, 0.4) is 0 Å². The maximum Gasteiger partial charge on any atom is 0.226 e. The van der Waals surface area contributed by atoms with Crippen LogP contribution >= 0.6 is 11.3 Å². The Morgan fingerprint density at radius 2 is 2.19 bits per heavy atom. The molecule has 6 heteroatoms. The van der Waals surface area contributed by atoms with E-state index in [1.54, 1.807) is 18.3 Å². The van der Waals surface area contributed by atoms with Gasteiger partial charge in [-0.3, -0.25) is 4.79 Å². The topological polar surface area (TPSA) is 54.0 Å². The normalized spacial score (nSPS) is 10.6. The summed E-state index contributed by atoms with van der Waals surface area (Å²) in [6, 6.07) is 6.68. The highest BCUT2D eigenvalue weighted by Crippen LogP contribution is 2.22. The minimum absolute atomic E-state index is 0.0444. The molecule has 0 radical (unpaired) electrons. The van der Waals surface area contributed by atoms with Gasteiger partial charge < -0.3 is 10.6 Å². The molecular weight excluding hydrogens is 289 g/mol. The molecular formula is C15H18FN3OS. The maximum atomic E-state index is 13.6. The van der Waals surface area contributed by atoms with Crippen LogP contribution in [0.25, 0.3) is 0 Å². The lowest BCUT2D eigenvalue weighted by Crippen LogP contribution is -2.14. The van der Waals surface area contributed by atoms with Crippen LogP contribution in [-0.4, -0.2) is 24.5 Å². The fraction of sp³-hybridized carbons (Fsp3) is 0.333. The molecule has 0 aliphatic rings. The number of carbonyl (C=O) groups is 1. The highest BCUT2D eigenvalue weighted by molar-refractivity contribution is 7.15. The van der Waals surface area contributed by atoms with E-state index >= 15 is 0 Å². The lowest BCUT2D eigenvalue weighted by atomic mass is 10.1. The van der Waals surface area contributed by atoms with E-state index in [1.807, 2.05) is 13.1 Å². The van der Waals surface area contributed by atoms with Crippen LogP contribution in [0.15, 0.2) is 30.5 Å². The highest BCUT2D eigenvalue weighted by Gasteiger charge is 2.08. The number of anilines is 1. The minimum atomic E-state index is -0.219. The van der Waals surface area contributed by atoms with Crippen LogP contribution in [0.1, 0.15) is 23.3 Å². The Morgan fingerprint density at radius 1 is 1.38 bits per heavy atom. The smallest absolute Gasteiger partial charge is 0.226 e. The summed E-state index contributed by atoms with van der Waals surface area (Å²) in [7, 11) is 1.85. The van der Waals surface area contributed by atoms with Crippen LogP contribution < -0.4 is 10.6 Å². The predicted molar refractivity (Wildman–Crippen MR) is 83.1 cm³/mol. The molecule has 1 heterocycles. The number of benzene rings is 1. The molecule has 0 atom stereocenters. The third-order valence-corrected chi connectivity index (χ3v) is 3.87. The molecule has 2 N–H and O–H groups in total. The molecule has 1 aromatic heterocycles. The Bertz CT molecular complexity index is 600. The van der Waals surface area contributed by atoms with Gasteiger partial charge in [0.05, 0.1) is 0 Å². The molecule has 0 saturated heterocycles. The zero-order valence-corrected chi connectivity index (χ0v) is 12.7. The predicted octanol–water partition coefficient (Wildman–Crippen LogP) is 2.81. The SMILES string of the molecule is CNCCCC(=O)Nc1ncc(Cc2ccccc2F)s1. The van der Waals surface area contributed by atoms with Gasteiger partial charge in [0.1, 0.15) is 5.82 Å². The molecule has 4 nitrogen and oxygen atoms in total. The van der Waals surface area contributed by atoms with Gasteiger partial charge in [-0.05, 0) is 31.6 Å². The second kappa shape index (κ2) is 7.85. The number of rotatable bonds is 7. The van der Waals surface area contributed by atoms with Crippen LogP contribution in [0, 0.1) is 5.82 Å². The van der Waals surface area contributed by atoms with Gasteiger partial charge in [-0.1, -0.05) is 18.2 Å². The van der Waals surface area contributed by atoms with Crippen LogP contribution in [0.4, 0.5) is 9.52 Å². The molecule has 0 bridgehead atoms. The third kappa shape index (κ3) is 4.91. The van der Waals surface area contributed by atoms with Gasteiger partial charge in [-0.15, -0.1) is 11.3 Å². The first-order valence-corrected chi connectivity index (χ1v) is 7.63. The van der Waals surface area contributed by atoms with E-state index in [4.69, 9.17) is 0 Å². The van der Waals surface area contributed by atoms with E-state index in [9.17, 15) is 9.18 Å². The minimum Gasteiger partial charge on any atom is -0.320 e. The fourth-order valence-corrected chi connectivity index (χ4v) is 2.74. The fourth-order valence-electron chi connectivity index (χ4n) is 1.88. The maximum absolute atomic E-state index is 13.6. The van der Waals surface area contributed by atoms with Crippen molar-refractivity contribution < 1.29 is 9.18 Å². The Kier molecular flexibility index (Phi) is 5.83. The number of nitrogens with one attached hydrogen (secondary N) is 2. The molecule has 2 aromatic rings. The molecule has 1 amide bonds. The first-order valence-electron chi connectivity index (χ1n) is 6.81. The van der Waals surface area contributed by atoms with Crippen molar-refractivity contribution >= 4 is 22.4 Å². The number of aromatic nitrogens is 1. The molecule has 0 unspecified atom stereocenters. The summed E-state index contributed by atoms with van der Waals surface area (Å²) in [4.78, 5) is 16.8. The van der Waals surface area contributed by atoms with Crippen molar-refractivity contribution in [3.8, 4) is 0 Å². The molecule has 0 spiro atoms. The number of hydrogen-bond donors (Lipinski definition) is 2. The molecule has 0 aliphatic heterocycles. The Labute approximate surface area is 127 Å². The summed E-state index contributed by atoms with van der Waals surface area (Å²) in [6.07, 6.45) is 3.42. The monoisotopic (exact) mass is 307 g/mol. The Morgan fingerprint density at radius 3 is 2.95 bits per heavy atom. The second-order valence-electron chi connectivity index (χ2n) is 4.66. The standard InChI is InChI=1S/C15H18FN3OS/c1-17-8-4-7-14(20)19-15-18-10-12(21-15)9-11-5-2-3-6-13(11)16/h2-3,5-6,10,17H,4,7-9H2,1H3,(H,18,19,20). The average Bonchev–Trinajstić information content (AvgIpc) is 2.89. The van der Waals surface area contributed by atoms with Crippen LogP contribution in [-0.2, 0) is 11.2 Å². The van der Waals surface area contributed by atoms with Gasteiger partial charge in [0, 0.05) is 23.9 Å². The van der Waals surface area contributed by atoms with E-state index < -0.39 is 0 Å². The number of thiazole rings is 1. The highest BCUT2D eigenvalue weighted by atomic mass is 32.1. The first-order chi connectivity index (χ1) is 10.2. The van der Waals surface area contributed by atoms with E-state index in [-0.39, 0.29) is 11.7 Å². The van der Waals surface area contributed by atoms with Gasteiger partial charge in [-0.2, -0.15) is 0 Å². The largest absolute Gasteiger partial charge is 0.320 e. The van der Waals surface area contributed by atoms with Crippen molar-refractivity contribution in [2.75, 3.05) is 18.9 Å². The summed E-state index contributed by atoms with van der Waals surface area (Å²) in [5.74, 6) is -0.263. The van der Waals surface area contributed by atoms with Gasteiger partial charge in [0.2, 0.25) is 5.91 Å². The Hall–Kier alpha value is -1.79. The molecule has 0 aliphatic carbocycles. The van der Waals surface area contributed by atoms with Crippen molar-refractivity contribution in [2.45, 2.75) is 19.3 Å². The first kappa shape index (κ1) is 15.6. The van der Waals surface area contributed by atoms with Crippen molar-refractivity contribution in [3.05, 3.63) is 46.7 Å². The van der Waals surface area contributed by atoms with Gasteiger partial charge in [-0.25, -0.2) is 9.37 Å². The summed E-state index contributed by atoms with van der Waals surface area (Å²) >= 11 is 1.38. The number of hydrogen-bond acceptors (Lipinski definition) is 4. The number of halogens is 1. The van der Waals surface area contributed by atoms with Crippen LogP contribution in [0.5, 0.6) is 0 Å². The lowest BCUT2D eigenvalue weighted by molar-refractivity contribution is -0.116. The van der Waals surface area contributed by atoms with Gasteiger partial charge >= 0.3 is 0 Å². The summed E-state index contributed by atoms with van der Waals surface area (Å²) in [6.45, 7) is 0.809. The third-order valence-electron chi connectivity index (χ3n) is 2.95. The molecule has 2 rings (SSSR count). The number of nitrogens with zero attached hydrogens (tertiary/aromatic N) is 1. The molecule has 0 saturated carbocycles. The Balaban J connectivity index is 1.89. The average molecular weight is 307 g/mol. The van der Waals surface area contributed by atoms with Gasteiger partial charge in [0.15, 0.2) is 5.13 Å². The number of amides is 1. The van der Waals surface area contributed by atoms with E-state index in [2.05, 4.69) is 15.6 Å². The molecule has 0 fully saturated rings. The van der Waals surface area contributed by atoms with Crippen molar-refractivity contribution in [2.24, 2.45) is 0 Å². The summed E-state index contributed by atoms with van der Waals surface area (Å²) in [5.41, 5.74) is 0.632. The quantitative estimate of drug-likeness (QED) is 0.773.